The lowest BCUT2D eigenvalue weighted by atomic mass is 10.2. The molecule has 0 amide bonds. The Bertz CT molecular complexity index is 186. The topological polar surface area (TPSA) is 72.8 Å². The van der Waals surface area contributed by atoms with Crippen molar-refractivity contribution in [3.05, 3.63) is 0 Å². The Morgan fingerprint density at radius 1 is 1.21 bits per heavy atom. The lowest BCUT2D eigenvalue weighted by Gasteiger charge is -2.10. The van der Waals surface area contributed by atoms with Gasteiger partial charge in [-0.15, -0.1) is 0 Å². The van der Waals surface area contributed by atoms with Crippen LogP contribution in [0.2, 0.25) is 0 Å². The molecule has 0 aliphatic carbocycles. The average Bonchev–Trinajstić information content (AvgIpc) is 2.16. The third kappa shape index (κ3) is 6.42. The Kier molecular flexibility index (Phi) is 6.74. The van der Waals surface area contributed by atoms with Gasteiger partial charge in [-0.2, -0.15) is 4.89 Å². The number of hydrogen-bond donors (Lipinski definition) is 1. The molecule has 5 nitrogen and oxygen atoms in total. The molecule has 0 radical (unpaired) electrons. The van der Waals surface area contributed by atoms with Gasteiger partial charge in [0.25, 0.3) is 0 Å². The molecular formula is C9H16O5. The maximum Gasteiger partial charge on any atom is 0.342 e. The molecule has 0 aromatic heterocycles. The van der Waals surface area contributed by atoms with Gasteiger partial charge in [0.1, 0.15) is 6.10 Å². The summed E-state index contributed by atoms with van der Waals surface area (Å²) in [7, 11) is 0. The first-order valence-corrected chi connectivity index (χ1v) is 4.68. The second-order valence-corrected chi connectivity index (χ2v) is 2.88. The van der Waals surface area contributed by atoms with E-state index in [1.54, 1.807) is 0 Å². The highest BCUT2D eigenvalue weighted by atomic mass is 17.2. The Labute approximate surface area is 82.9 Å². The molecule has 0 aromatic carbocycles. The van der Waals surface area contributed by atoms with Gasteiger partial charge in [0, 0.05) is 0 Å². The van der Waals surface area contributed by atoms with E-state index in [9.17, 15) is 9.59 Å². The standard InChI is InChI=1S/C9H16O5/c1-3-7(4-2)13-14-9(12)6-5-8(10)11/h7H,3-6H2,1-2H3,(H,10,11). The first-order chi connectivity index (χ1) is 6.60. The second-order valence-electron chi connectivity index (χ2n) is 2.88. The minimum atomic E-state index is -1.02. The first kappa shape index (κ1) is 12.9. The SMILES string of the molecule is CCC(CC)OOC(=O)CCC(=O)O. The molecule has 0 unspecified atom stereocenters. The number of aliphatic carboxylic acids is 1. The van der Waals surface area contributed by atoms with Gasteiger partial charge in [-0.25, -0.2) is 4.79 Å². The summed E-state index contributed by atoms with van der Waals surface area (Å²) in [5.41, 5.74) is 0. The number of carbonyl (C=O) groups is 2. The highest BCUT2D eigenvalue weighted by Gasteiger charge is 2.11. The van der Waals surface area contributed by atoms with Crippen LogP contribution in [0.1, 0.15) is 39.5 Å². The molecule has 0 aromatic rings. The molecule has 0 atom stereocenters. The highest BCUT2D eigenvalue weighted by molar-refractivity contribution is 5.76. The molecule has 14 heavy (non-hydrogen) atoms. The fourth-order valence-electron chi connectivity index (χ4n) is 0.797. The minimum absolute atomic E-state index is 0.108. The molecule has 0 aliphatic heterocycles. The Morgan fingerprint density at radius 3 is 2.21 bits per heavy atom. The van der Waals surface area contributed by atoms with E-state index >= 15 is 0 Å². The van der Waals surface area contributed by atoms with E-state index in [1.807, 2.05) is 13.8 Å². The smallest absolute Gasteiger partial charge is 0.342 e. The number of carboxylic acid groups (broad SMARTS) is 1. The molecule has 0 heterocycles. The van der Waals surface area contributed by atoms with Crippen molar-refractivity contribution in [1.82, 2.24) is 0 Å². The lowest BCUT2D eigenvalue weighted by molar-refractivity contribution is -0.298. The molecule has 1 N–H and O–H groups in total. The largest absolute Gasteiger partial charge is 0.481 e. The van der Waals surface area contributed by atoms with Gasteiger partial charge >= 0.3 is 11.9 Å². The van der Waals surface area contributed by atoms with Crippen LogP contribution >= 0.6 is 0 Å². The van der Waals surface area contributed by atoms with Crippen LogP contribution in [0.4, 0.5) is 0 Å². The summed E-state index contributed by atoms with van der Waals surface area (Å²) in [5.74, 6) is -1.66. The van der Waals surface area contributed by atoms with Crippen LogP contribution < -0.4 is 0 Å². The van der Waals surface area contributed by atoms with Crippen molar-refractivity contribution in [3.63, 3.8) is 0 Å². The molecule has 0 saturated carbocycles. The predicted molar refractivity (Wildman–Crippen MR) is 48.4 cm³/mol. The Morgan fingerprint density at radius 2 is 1.79 bits per heavy atom. The second kappa shape index (κ2) is 7.32. The van der Waals surface area contributed by atoms with E-state index in [2.05, 4.69) is 4.89 Å². The van der Waals surface area contributed by atoms with Crippen molar-refractivity contribution in [1.29, 1.82) is 0 Å². The van der Waals surface area contributed by atoms with Gasteiger partial charge in [0.15, 0.2) is 0 Å². The van der Waals surface area contributed by atoms with E-state index in [0.717, 1.165) is 12.8 Å². The summed E-state index contributed by atoms with van der Waals surface area (Å²) in [6, 6.07) is 0. The van der Waals surface area contributed by atoms with Crippen LogP contribution in [-0.4, -0.2) is 23.1 Å². The van der Waals surface area contributed by atoms with Crippen LogP contribution in [0, 0.1) is 0 Å². The molecule has 82 valence electrons. The quantitative estimate of drug-likeness (QED) is 0.502. The third-order valence-corrected chi connectivity index (χ3v) is 1.73. The monoisotopic (exact) mass is 204 g/mol. The molecule has 0 rings (SSSR count). The molecule has 0 aliphatic rings. The van der Waals surface area contributed by atoms with Gasteiger partial charge in [-0.3, -0.25) is 9.68 Å². The van der Waals surface area contributed by atoms with E-state index in [-0.39, 0.29) is 18.9 Å². The van der Waals surface area contributed by atoms with Crippen molar-refractivity contribution >= 4 is 11.9 Å². The molecule has 0 spiro atoms. The van der Waals surface area contributed by atoms with Crippen molar-refractivity contribution in [3.8, 4) is 0 Å². The van der Waals surface area contributed by atoms with Crippen LogP contribution in [-0.2, 0) is 19.4 Å². The first-order valence-electron chi connectivity index (χ1n) is 4.68. The van der Waals surface area contributed by atoms with Crippen molar-refractivity contribution in [2.45, 2.75) is 45.6 Å². The zero-order valence-electron chi connectivity index (χ0n) is 8.49. The zero-order chi connectivity index (χ0) is 11.0. The molecular weight excluding hydrogens is 188 g/mol. The lowest BCUT2D eigenvalue weighted by Crippen LogP contribution is -2.15. The van der Waals surface area contributed by atoms with Crippen LogP contribution in [0.5, 0.6) is 0 Å². The summed E-state index contributed by atoms with van der Waals surface area (Å²) in [4.78, 5) is 30.2. The van der Waals surface area contributed by atoms with Crippen molar-refractivity contribution in [2.24, 2.45) is 0 Å². The van der Waals surface area contributed by atoms with E-state index in [1.165, 1.54) is 0 Å². The van der Waals surface area contributed by atoms with Crippen molar-refractivity contribution in [2.75, 3.05) is 0 Å². The fraction of sp³-hybridized carbons (Fsp3) is 0.778. The zero-order valence-corrected chi connectivity index (χ0v) is 8.49. The summed E-state index contributed by atoms with van der Waals surface area (Å²) in [6.45, 7) is 3.83. The number of carbonyl (C=O) groups excluding carboxylic acids is 1. The molecule has 0 bridgehead atoms. The van der Waals surface area contributed by atoms with E-state index in [0.29, 0.717) is 0 Å². The molecule has 0 fully saturated rings. The van der Waals surface area contributed by atoms with Gasteiger partial charge in [-0.1, -0.05) is 13.8 Å². The summed E-state index contributed by atoms with van der Waals surface area (Å²) in [5, 5.41) is 8.28. The van der Waals surface area contributed by atoms with Gasteiger partial charge < -0.3 is 5.11 Å². The molecule has 5 heteroatoms. The normalized spacial score (nSPS) is 10.2. The maximum atomic E-state index is 10.9. The third-order valence-electron chi connectivity index (χ3n) is 1.73. The minimum Gasteiger partial charge on any atom is -0.481 e. The van der Waals surface area contributed by atoms with Gasteiger partial charge in [-0.05, 0) is 12.8 Å². The summed E-state index contributed by atoms with van der Waals surface area (Å²) < 4.78 is 0. The Hall–Kier alpha value is -1.10. The highest BCUT2D eigenvalue weighted by Crippen LogP contribution is 2.04. The van der Waals surface area contributed by atoms with E-state index < -0.39 is 11.9 Å². The average molecular weight is 204 g/mol. The van der Waals surface area contributed by atoms with E-state index in [4.69, 9.17) is 9.99 Å². The van der Waals surface area contributed by atoms with Crippen LogP contribution in [0.25, 0.3) is 0 Å². The maximum absolute atomic E-state index is 10.9. The summed E-state index contributed by atoms with van der Waals surface area (Å²) >= 11 is 0. The van der Waals surface area contributed by atoms with Crippen LogP contribution in [0.3, 0.4) is 0 Å². The number of carboxylic acids is 1. The number of rotatable bonds is 7. The van der Waals surface area contributed by atoms with Crippen molar-refractivity contribution < 1.29 is 24.5 Å². The fourth-order valence-corrected chi connectivity index (χ4v) is 0.797. The molecule has 0 saturated heterocycles. The van der Waals surface area contributed by atoms with Gasteiger partial charge in [0.2, 0.25) is 0 Å². The van der Waals surface area contributed by atoms with Gasteiger partial charge in [0.05, 0.1) is 12.8 Å². The predicted octanol–water partition coefficient (Wildman–Crippen LogP) is 1.51. The number of hydrogen-bond acceptors (Lipinski definition) is 4. The summed E-state index contributed by atoms with van der Waals surface area (Å²) in [6.07, 6.45) is 1.01. The van der Waals surface area contributed by atoms with Crippen LogP contribution in [0.15, 0.2) is 0 Å². The Balaban J connectivity index is 3.57.